The molecule has 0 amide bonds. The summed E-state index contributed by atoms with van der Waals surface area (Å²) in [5.41, 5.74) is 2.24. The fraction of sp³-hybridized carbons (Fsp3) is 0.0938. The molecule has 6 rings (SSSR count). The summed E-state index contributed by atoms with van der Waals surface area (Å²) in [7, 11) is 0. The normalized spacial score (nSPS) is 11.0. The van der Waals surface area contributed by atoms with Crippen molar-refractivity contribution in [1.29, 1.82) is 0 Å². The Hall–Kier alpha value is -2.09. The maximum absolute atomic E-state index is 2.99. The average Bonchev–Trinajstić information content (AvgIpc) is 3.56. The van der Waals surface area contributed by atoms with Gasteiger partial charge in [0, 0.05) is 0 Å². The molecule has 0 aliphatic heterocycles. The van der Waals surface area contributed by atoms with Crippen LogP contribution in [0, 0.1) is 19.9 Å². The van der Waals surface area contributed by atoms with Crippen molar-refractivity contribution in [2.24, 2.45) is 0 Å². The van der Waals surface area contributed by atoms with Gasteiger partial charge in [-0.15, -0.1) is 46.2 Å². The molecule has 0 N–H and O–H groups in total. The van der Waals surface area contributed by atoms with Gasteiger partial charge >= 0.3 is 113 Å². The van der Waals surface area contributed by atoms with E-state index in [1.165, 1.54) is 43.0 Å². The van der Waals surface area contributed by atoms with E-state index in [2.05, 4.69) is 129 Å². The van der Waals surface area contributed by atoms with Gasteiger partial charge in [0.25, 0.3) is 0 Å². The zero-order valence-corrected chi connectivity index (χ0v) is 25.5. The number of hydrogen-bond donors (Lipinski definition) is 0. The largest absolute Gasteiger partial charge is 1.00 e. The summed E-state index contributed by atoms with van der Waals surface area (Å²) in [6.45, 7) is 4.34. The van der Waals surface area contributed by atoms with Crippen molar-refractivity contribution in [3.05, 3.63) is 139 Å². The van der Waals surface area contributed by atoms with Crippen molar-refractivity contribution in [2.45, 2.75) is 20.3 Å². The topological polar surface area (TPSA) is 0 Å². The van der Waals surface area contributed by atoms with Gasteiger partial charge in [0.05, 0.1) is 0 Å². The van der Waals surface area contributed by atoms with E-state index in [1.54, 1.807) is 23.3 Å². The molecule has 0 unspecified atom stereocenters. The molecule has 0 radical (unpaired) electrons. The molecule has 0 fully saturated rings. The molecule has 0 saturated heterocycles. The molecule has 0 bridgehead atoms. The molecule has 0 nitrogen and oxygen atoms in total. The smallest absolute Gasteiger partial charge is 0.0771 e. The van der Waals surface area contributed by atoms with Gasteiger partial charge in [0.15, 0.2) is 0 Å². The Bertz CT molecular complexity index is 1370. The van der Waals surface area contributed by atoms with Crippen molar-refractivity contribution in [3.63, 3.8) is 0 Å². The molecular weight excluding hydrogens is 575 g/mol. The van der Waals surface area contributed by atoms with Gasteiger partial charge in [-0.3, -0.25) is 6.08 Å². The fourth-order valence-corrected chi connectivity index (χ4v) is 7.91. The molecule has 180 valence electrons. The summed E-state index contributed by atoms with van der Waals surface area (Å²) in [4.78, 5) is 0. The zero-order valence-electron chi connectivity index (χ0n) is 20.5. The second-order valence-electron chi connectivity index (χ2n) is 8.44. The molecule has 4 heteroatoms. The van der Waals surface area contributed by atoms with Crippen LogP contribution in [0.25, 0.3) is 21.5 Å². The number of allylic oxidation sites excluding steroid dienone is 4. The van der Waals surface area contributed by atoms with E-state index in [0.717, 1.165) is 6.42 Å². The van der Waals surface area contributed by atoms with E-state index in [-0.39, 0.29) is 24.8 Å². The summed E-state index contributed by atoms with van der Waals surface area (Å²) < 4.78 is 0. The van der Waals surface area contributed by atoms with Crippen LogP contribution in [0.2, 0.25) is 0 Å². The van der Waals surface area contributed by atoms with Crippen molar-refractivity contribution >= 4 is 37.4 Å². The van der Waals surface area contributed by atoms with Crippen LogP contribution in [-0.2, 0) is 23.3 Å². The summed E-state index contributed by atoms with van der Waals surface area (Å²) in [6, 6.07) is 37.2. The Balaban J connectivity index is 0.000000205. The van der Waals surface area contributed by atoms with Crippen LogP contribution in [0.4, 0.5) is 0 Å². The molecule has 5 aromatic rings. The number of fused-ring (bicyclic) bond motifs is 3. The predicted molar refractivity (Wildman–Crippen MR) is 146 cm³/mol. The Kier molecular flexibility index (Phi) is 12.7. The third-order valence-electron chi connectivity index (χ3n) is 5.72. The minimum atomic E-state index is -0.499. The van der Waals surface area contributed by atoms with Gasteiger partial charge in [-0.2, -0.15) is 6.08 Å². The van der Waals surface area contributed by atoms with Crippen molar-refractivity contribution < 1.29 is 48.1 Å². The van der Waals surface area contributed by atoms with Crippen molar-refractivity contribution in [2.75, 3.05) is 0 Å². The molecule has 0 spiro atoms. The summed E-state index contributed by atoms with van der Waals surface area (Å²) in [5.74, 6) is 0. The first kappa shape index (κ1) is 30.1. The van der Waals surface area contributed by atoms with E-state index >= 15 is 0 Å². The van der Waals surface area contributed by atoms with Gasteiger partial charge < -0.3 is 24.8 Å². The molecule has 0 saturated carbocycles. The standard InChI is InChI=1S/C14H14Si.C13H9.C5H5.2ClH.Zr/c1-11-5-3-7-13(9-11)15-14-8-4-6-12(2)10-14;1-3-7-12-10(5-1)9-11-6-2-4-8-13(11)12;1-2-4-5-3-1;;;/h3-10H,1-2H3;1-9H;1-3H,4H2;2*1H;/q;2*-1;;;+2/p-2. The van der Waals surface area contributed by atoms with Gasteiger partial charge in [-0.25, -0.2) is 12.2 Å². The maximum atomic E-state index is 2.99. The molecule has 1 aliphatic carbocycles. The molecule has 0 heterocycles. The molecule has 36 heavy (non-hydrogen) atoms. The van der Waals surface area contributed by atoms with E-state index in [4.69, 9.17) is 0 Å². The quantitative estimate of drug-likeness (QED) is 0.209. The summed E-state index contributed by atoms with van der Waals surface area (Å²) >= 11 is 1.65. The molecule has 1 aliphatic rings. The van der Waals surface area contributed by atoms with E-state index < -0.39 is 5.43 Å². The van der Waals surface area contributed by atoms with Crippen LogP contribution >= 0.6 is 0 Å². The average molecular weight is 603 g/mol. The van der Waals surface area contributed by atoms with Crippen LogP contribution in [0.3, 0.4) is 0 Å². The van der Waals surface area contributed by atoms with Crippen molar-refractivity contribution in [1.82, 2.24) is 0 Å². The number of hydrogen-bond acceptors (Lipinski definition) is 0. The monoisotopic (exact) mass is 600 g/mol. The SMILES string of the molecule is Cc1cccc([Si](=[Zr+2])c2cccc(C)c2)c1.[C-]1=CC=CC1.[Cl-].[Cl-].c1ccc2c(c1)[cH-]c1ccccc12. The Morgan fingerprint density at radius 1 is 0.694 bits per heavy atom. The Morgan fingerprint density at radius 2 is 1.19 bits per heavy atom. The van der Waals surface area contributed by atoms with E-state index in [1.807, 2.05) is 12.2 Å². The molecule has 0 aromatic heterocycles. The van der Waals surface area contributed by atoms with Crippen LogP contribution in [0.15, 0.2) is 121 Å². The number of rotatable bonds is 2. The molecular formula is C32H28Cl2SiZr-2. The summed E-state index contributed by atoms with van der Waals surface area (Å²) in [6.07, 6.45) is 10.0. The second-order valence-corrected chi connectivity index (χ2v) is 14.0. The molecule has 5 aromatic carbocycles. The number of benzene rings is 4. The fourth-order valence-electron chi connectivity index (χ4n) is 4.01. The Morgan fingerprint density at radius 3 is 1.58 bits per heavy atom. The first-order valence-corrected chi connectivity index (χ1v) is 16.8. The second kappa shape index (κ2) is 15.2. The van der Waals surface area contributed by atoms with Crippen LogP contribution in [0.1, 0.15) is 17.5 Å². The Labute approximate surface area is 242 Å². The van der Waals surface area contributed by atoms with Crippen molar-refractivity contribution in [3.8, 4) is 0 Å². The predicted octanol–water partition coefficient (Wildman–Crippen LogP) is 0.982. The van der Waals surface area contributed by atoms with E-state index in [0.29, 0.717) is 0 Å². The van der Waals surface area contributed by atoms with Crippen LogP contribution in [0.5, 0.6) is 0 Å². The maximum Gasteiger partial charge on any atom is -0.0771 e. The third-order valence-corrected chi connectivity index (χ3v) is 11.8. The minimum Gasteiger partial charge on any atom is -1.00 e. The number of aryl methyl sites for hydroxylation is 2. The number of halogens is 2. The van der Waals surface area contributed by atoms with Gasteiger partial charge in [0.1, 0.15) is 0 Å². The van der Waals surface area contributed by atoms with Gasteiger partial charge in [-0.1, -0.05) is 36.4 Å². The first-order chi connectivity index (χ1) is 16.6. The van der Waals surface area contributed by atoms with Crippen LogP contribution < -0.4 is 35.2 Å². The summed E-state index contributed by atoms with van der Waals surface area (Å²) in [5, 5.41) is 8.46. The third kappa shape index (κ3) is 8.22. The first-order valence-electron chi connectivity index (χ1n) is 11.6. The minimum absolute atomic E-state index is 0. The van der Waals surface area contributed by atoms with Gasteiger partial charge in [0.2, 0.25) is 0 Å². The molecule has 0 atom stereocenters. The van der Waals surface area contributed by atoms with Crippen LogP contribution in [-0.4, -0.2) is 5.43 Å². The zero-order chi connectivity index (χ0) is 23.8. The van der Waals surface area contributed by atoms with E-state index in [9.17, 15) is 0 Å². The van der Waals surface area contributed by atoms with Gasteiger partial charge in [-0.05, 0) is 0 Å².